The Balaban J connectivity index is 1.38. The highest BCUT2D eigenvalue weighted by atomic mass is 79.9. The summed E-state index contributed by atoms with van der Waals surface area (Å²) < 4.78 is 20.9. The van der Waals surface area contributed by atoms with E-state index in [0.29, 0.717) is 38.6 Å². The fraction of sp³-hybridized carbons (Fsp3) is 1.00. The van der Waals surface area contributed by atoms with Crippen LogP contribution < -0.4 is 0 Å². The van der Waals surface area contributed by atoms with Gasteiger partial charge in [-0.05, 0) is 0 Å². The maximum Gasteiger partial charge on any atom is 0.104 e. The quantitative estimate of drug-likeness (QED) is 0.476. The van der Waals surface area contributed by atoms with Gasteiger partial charge in [-0.15, -0.1) is 0 Å². The van der Waals surface area contributed by atoms with Crippen LogP contribution in [0.3, 0.4) is 0 Å². The molecule has 14 heavy (non-hydrogen) atoms. The second-order valence-electron chi connectivity index (χ2n) is 3.58. The average Bonchev–Trinajstić information content (AvgIpc) is 2.99. The van der Waals surface area contributed by atoms with E-state index in [1.807, 2.05) is 0 Å². The number of alkyl halides is 1. The molecule has 0 aromatic carbocycles. The third kappa shape index (κ3) is 4.70. The highest BCUT2D eigenvalue weighted by molar-refractivity contribution is 9.09. The van der Waals surface area contributed by atoms with Crippen molar-refractivity contribution in [3.05, 3.63) is 0 Å². The summed E-state index contributed by atoms with van der Waals surface area (Å²) in [6.07, 6.45) is 0.686. The Kier molecular flexibility index (Phi) is 4.19. The van der Waals surface area contributed by atoms with Gasteiger partial charge in [-0.1, -0.05) is 15.9 Å². The van der Waals surface area contributed by atoms with E-state index in [4.69, 9.17) is 18.9 Å². The van der Waals surface area contributed by atoms with E-state index < -0.39 is 0 Å². The summed E-state index contributed by atoms with van der Waals surface area (Å²) in [7, 11) is 0. The van der Waals surface area contributed by atoms with Crippen molar-refractivity contribution < 1.29 is 18.9 Å². The first kappa shape index (κ1) is 10.8. The van der Waals surface area contributed by atoms with Crippen LogP contribution in [0, 0.1) is 0 Å². The van der Waals surface area contributed by atoms with Crippen molar-refractivity contribution in [2.24, 2.45) is 0 Å². The fourth-order valence-electron chi connectivity index (χ4n) is 1.03. The highest BCUT2D eigenvalue weighted by Crippen LogP contribution is 2.11. The molecule has 2 fully saturated rings. The SMILES string of the molecule is BrC(COCC1CO1)COCC1CO1. The number of hydrogen-bond acceptors (Lipinski definition) is 4. The van der Waals surface area contributed by atoms with Crippen molar-refractivity contribution in [2.75, 3.05) is 39.6 Å². The molecule has 2 saturated heterocycles. The van der Waals surface area contributed by atoms with E-state index in [9.17, 15) is 0 Å². The van der Waals surface area contributed by atoms with Gasteiger partial charge in [-0.2, -0.15) is 0 Å². The fourth-order valence-corrected chi connectivity index (χ4v) is 1.41. The summed E-state index contributed by atoms with van der Waals surface area (Å²) in [6.45, 7) is 4.45. The molecular formula is C9H15BrO4. The van der Waals surface area contributed by atoms with Gasteiger partial charge in [0.2, 0.25) is 0 Å². The third-order valence-corrected chi connectivity index (χ3v) is 2.54. The van der Waals surface area contributed by atoms with Crippen LogP contribution in [0.2, 0.25) is 0 Å². The molecule has 2 aliphatic heterocycles. The standard InChI is InChI=1S/C9H15BrO4/c10-7(1-11-3-8-5-13-8)2-12-4-9-6-14-9/h7-9H,1-6H2. The van der Waals surface area contributed by atoms with Crippen LogP contribution in [-0.2, 0) is 18.9 Å². The summed E-state index contributed by atoms with van der Waals surface area (Å²) in [5.74, 6) is 0. The molecule has 2 atom stereocenters. The van der Waals surface area contributed by atoms with Crippen LogP contribution in [0.25, 0.3) is 0 Å². The smallest absolute Gasteiger partial charge is 0.104 e. The van der Waals surface area contributed by atoms with Gasteiger partial charge in [0.1, 0.15) is 12.2 Å². The minimum atomic E-state index is 0.264. The van der Waals surface area contributed by atoms with Crippen molar-refractivity contribution >= 4 is 15.9 Å². The van der Waals surface area contributed by atoms with E-state index in [1.165, 1.54) is 0 Å². The van der Waals surface area contributed by atoms with Gasteiger partial charge >= 0.3 is 0 Å². The Hall–Kier alpha value is 0.320. The number of rotatable bonds is 8. The first-order valence-electron chi connectivity index (χ1n) is 4.87. The van der Waals surface area contributed by atoms with Gasteiger partial charge in [-0.25, -0.2) is 0 Å². The zero-order valence-electron chi connectivity index (χ0n) is 7.99. The lowest BCUT2D eigenvalue weighted by Gasteiger charge is -2.09. The Labute approximate surface area is 92.0 Å². The molecule has 0 spiro atoms. The minimum absolute atomic E-state index is 0.264. The second-order valence-corrected chi connectivity index (χ2v) is 4.88. The summed E-state index contributed by atoms with van der Waals surface area (Å²) >= 11 is 3.49. The van der Waals surface area contributed by atoms with Crippen LogP contribution in [-0.4, -0.2) is 56.7 Å². The molecule has 2 rings (SSSR count). The zero-order chi connectivity index (χ0) is 9.80. The predicted molar refractivity (Wildman–Crippen MR) is 53.8 cm³/mol. The molecule has 0 bridgehead atoms. The monoisotopic (exact) mass is 266 g/mol. The van der Waals surface area contributed by atoms with Crippen molar-refractivity contribution in [2.45, 2.75) is 17.0 Å². The molecule has 0 radical (unpaired) electrons. The zero-order valence-corrected chi connectivity index (χ0v) is 9.57. The van der Waals surface area contributed by atoms with Crippen molar-refractivity contribution in [1.82, 2.24) is 0 Å². The van der Waals surface area contributed by atoms with Gasteiger partial charge in [0.15, 0.2) is 0 Å². The minimum Gasteiger partial charge on any atom is -0.377 e. The van der Waals surface area contributed by atoms with E-state index >= 15 is 0 Å². The maximum atomic E-state index is 5.41. The number of ether oxygens (including phenoxy) is 4. The van der Waals surface area contributed by atoms with Crippen LogP contribution in [0.5, 0.6) is 0 Å². The lowest BCUT2D eigenvalue weighted by molar-refractivity contribution is 0.0757. The van der Waals surface area contributed by atoms with Gasteiger partial charge < -0.3 is 18.9 Å². The van der Waals surface area contributed by atoms with E-state index in [2.05, 4.69) is 15.9 Å². The molecule has 0 aromatic heterocycles. The molecule has 4 nitrogen and oxygen atoms in total. The molecule has 2 heterocycles. The van der Waals surface area contributed by atoms with Crippen molar-refractivity contribution in [1.29, 1.82) is 0 Å². The Morgan fingerprint density at radius 1 is 1.07 bits per heavy atom. The maximum absolute atomic E-state index is 5.41. The van der Waals surface area contributed by atoms with Crippen LogP contribution in [0.1, 0.15) is 0 Å². The lowest BCUT2D eigenvalue weighted by Crippen LogP contribution is -2.18. The van der Waals surface area contributed by atoms with Gasteiger partial charge in [0, 0.05) is 0 Å². The first-order chi connectivity index (χ1) is 6.84. The Morgan fingerprint density at radius 2 is 1.50 bits per heavy atom. The molecule has 0 N–H and O–H groups in total. The number of epoxide rings is 2. The van der Waals surface area contributed by atoms with Crippen molar-refractivity contribution in [3.63, 3.8) is 0 Å². The van der Waals surface area contributed by atoms with E-state index in [-0.39, 0.29) is 4.83 Å². The average molecular weight is 267 g/mol. The summed E-state index contributed by atoms with van der Waals surface area (Å²) in [6, 6.07) is 0. The summed E-state index contributed by atoms with van der Waals surface area (Å²) in [5.41, 5.74) is 0. The number of halogens is 1. The van der Waals surface area contributed by atoms with E-state index in [1.54, 1.807) is 0 Å². The van der Waals surface area contributed by atoms with Crippen LogP contribution in [0.4, 0.5) is 0 Å². The normalized spacial score (nSPS) is 31.5. The third-order valence-electron chi connectivity index (χ3n) is 2.01. The largest absolute Gasteiger partial charge is 0.377 e. The molecule has 0 amide bonds. The van der Waals surface area contributed by atoms with Gasteiger partial charge in [-0.3, -0.25) is 0 Å². The summed E-state index contributed by atoms with van der Waals surface area (Å²) in [4.78, 5) is 0.264. The molecular weight excluding hydrogens is 252 g/mol. The van der Waals surface area contributed by atoms with Gasteiger partial charge in [0.05, 0.1) is 44.5 Å². The second kappa shape index (κ2) is 5.42. The molecule has 0 saturated carbocycles. The molecule has 82 valence electrons. The molecule has 0 aromatic rings. The Morgan fingerprint density at radius 3 is 1.86 bits per heavy atom. The summed E-state index contributed by atoms with van der Waals surface area (Å²) in [5, 5.41) is 0. The van der Waals surface area contributed by atoms with Crippen molar-refractivity contribution in [3.8, 4) is 0 Å². The first-order valence-corrected chi connectivity index (χ1v) is 5.79. The number of hydrogen-bond donors (Lipinski definition) is 0. The van der Waals surface area contributed by atoms with Gasteiger partial charge in [0.25, 0.3) is 0 Å². The van der Waals surface area contributed by atoms with Crippen LogP contribution in [0.15, 0.2) is 0 Å². The molecule has 2 unspecified atom stereocenters. The highest BCUT2D eigenvalue weighted by Gasteiger charge is 2.24. The molecule has 2 aliphatic rings. The molecule has 0 aliphatic carbocycles. The Bertz CT molecular complexity index is 152. The predicted octanol–water partition coefficient (Wildman–Crippen LogP) is 0.581. The van der Waals surface area contributed by atoms with E-state index in [0.717, 1.165) is 13.2 Å². The topological polar surface area (TPSA) is 43.5 Å². The van der Waals surface area contributed by atoms with Crippen LogP contribution >= 0.6 is 15.9 Å². The lowest BCUT2D eigenvalue weighted by atomic mass is 10.4. The molecule has 5 heteroatoms.